The summed E-state index contributed by atoms with van der Waals surface area (Å²) in [6, 6.07) is 15.9. The first kappa shape index (κ1) is 17.5. The molecule has 3 rings (SSSR count). The van der Waals surface area contributed by atoms with Crippen molar-refractivity contribution in [1.29, 1.82) is 5.26 Å². The number of carbonyl (C=O) groups excluding carboxylic acids is 1. The second kappa shape index (κ2) is 7.68. The highest BCUT2D eigenvalue weighted by molar-refractivity contribution is 8.13. The molecule has 1 aliphatic heterocycles. The number of carbonyl (C=O) groups is 2. The second-order valence-electron chi connectivity index (χ2n) is 5.51. The normalized spacial score (nSPS) is 15.2. The van der Waals surface area contributed by atoms with Gasteiger partial charge in [0.1, 0.15) is 5.70 Å². The average Bonchev–Trinajstić information content (AvgIpc) is 3.11. The van der Waals surface area contributed by atoms with E-state index < -0.39 is 11.9 Å². The number of carboxylic acid groups (broad SMARTS) is 1. The summed E-state index contributed by atoms with van der Waals surface area (Å²) in [5, 5.41) is 22.7. The summed E-state index contributed by atoms with van der Waals surface area (Å²) in [6.45, 7) is 0. The van der Waals surface area contributed by atoms with Crippen molar-refractivity contribution in [1.82, 2.24) is 4.72 Å². The van der Waals surface area contributed by atoms with Crippen LogP contribution in [0.3, 0.4) is 0 Å². The Morgan fingerprint density at radius 1 is 1.19 bits per heavy atom. The zero-order valence-corrected chi connectivity index (χ0v) is 14.4. The fraction of sp³-hybridized carbons (Fsp3) is 0.0526. The average molecular weight is 365 g/mol. The molecule has 2 aromatic carbocycles. The van der Waals surface area contributed by atoms with Crippen LogP contribution < -0.4 is 10.0 Å². The fourth-order valence-electron chi connectivity index (χ4n) is 2.41. The van der Waals surface area contributed by atoms with E-state index in [0.717, 1.165) is 11.3 Å². The molecule has 0 saturated carbocycles. The van der Waals surface area contributed by atoms with E-state index in [9.17, 15) is 14.7 Å². The van der Waals surface area contributed by atoms with E-state index in [2.05, 4.69) is 10.0 Å². The minimum absolute atomic E-state index is 0.122. The SMILES string of the molecule is N#Cc1ccc(NC(=O)C2=CC=S(Cc3ccccc3)N2)c(C(=O)O)c1. The van der Waals surface area contributed by atoms with Crippen LogP contribution in [0.2, 0.25) is 0 Å². The maximum Gasteiger partial charge on any atom is 0.337 e. The number of nitriles is 1. The highest BCUT2D eigenvalue weighted by Gasteiger charge is 2.18. The molecule has 3 N–H and O–H groups in total. The van der Waals surface area contributed by atoms with Gasteiger partial charge < -0.3 is 15.1 Å². The van der Waals surface area contributed by atoms with E-state index in [0.29, 0.717) is 5.70 Å². The van der Waals surface area contributed by atoms with Gasteiger partial charge in [0, 0.05) is 5.75 Å². The number of aromatic carboxylic acids is 1. The Kier molecular flexibility index (Phi) is 5.15. The summed E-state index contributed by atoms with van der Waals surface area (Å²) >= 11 is 0. The minimum atomic E-state index is -1.21. The van der Waals surface area contributed by atoms with Gasteiger partial charge in [0.15, 0.2) is 0 Å². The molecular weight excluding hydrogens is 350 g/mol. The van der Waals surface area contributed by atoms with E-state index in [1.165, 1.54) is 18.2 Å². The number of anilines is 1. The summed E-state index contributed by atoms with van der Waals surface area (Å²) in [5.41, 5.74) is 1.79. The van der Waals surface area contributed by atoms with Gasteiger partial charge in [-0.2, -0.15) is 5.26 Å². The van der Waals surface area contributed by atoms with E-state index in [1.807, 2.05) is 41.8 Å². The Morgan fingerprint density at radius 2 is 1.96 bits per heavy atom. The third kappa shape index (κ3) is 3.99. The predicted octanol–water partition coefficient (Wildman–Crippen LogP) is 2.87. The highest BCUT2D eigenvalue weighted by Crippen LogP contribution is 2.23. The molecule has 1 atom stereocenters. The monoisotopic (exact) mass is 365 g/mol. The molecule has 0 saturated heterocycles. The topological polar surface area (TPSA) is 102 Å². The Hall–Kier alpha value is -3.37. The highest BCUT2D eigenvalue weighted by atomic mass is 32.2. The molecule has 0 aromatic heterocycles. The van der Waals surface area contributed by atoms with Gasteiger partial charge in [-0.05, 0) is 35.2 Å². The third-order valence-electron chi connectivity index (χ3n) is 3.68. The van der Waals surface area contributed by atoms with Crippen molar-refractivity contribution in [3.63, 3.8) is 0 Å². The zero-order valence-electron chi connectivity index (χ0n) is 13.6. The van der Waals surface area contributed by atoms with Crippen LogP contribution in [-0.2, 0) is 10.5 Å². The van der Waals surface area contributed by atoms with E-state index in [-0.39, 0.29) is 27.5 Å². The van der Waals surface area contributed by atoms with Crippen molar-refractivity contribution in [2.45, 2.75) is 5.75 Å². The van der Waals surface area contributed by atoms with Crippen molar-refractivity contribution in [3.05, 3.63) is 77.0 Å². The largest absolute Gasteiger partial charge is 0.478 e. The molecular formula is C19H15N3O3S. The molecule has 1 unspecified atom stereocenters. The fourth-order valence-corrected chi connectivity index (χ4v) is 3.94. The number of nitrogens with one attached hydrogen (secondary N) is 2. The van der Waals surface area contributed by atoms with Crippen LogP contribution in [0, 0.1) is 11.3 Å². The van der Waals surface area contributed by atoms with E-state index in [1.54, 1.807) is 6.08 Å². The van der Waals surface area contributed by atoms with Crippen LogP contribution >= 0.6 is 10.7 Å². The quantitative estimate of drug-likeness (QED) is 0.707. The van der Waals surface area contributed by atoms with Gasteiger partial charge >= 0.3 is 5.97 Å². The number of allylic oxidation sites excluding steroid dienone is 1. The van der Waals surface area contributed by atoms with E-state index in [4.69, 9.17) is 5.26 Å². The predicted molar refractivity (Wildman–Crippen MR) is 102 cm³/mol. The molecule has 2 aromatic rings. The second-order valence-corrected chi connectivity index (χ2v) is 7.13. The summed E-state index contributed by atoms with van der Waals surface area (Å²) in [5.74, 6) is -0.858. The van der Waals surface area contributed by atoms with Crippen molar-refractivity contribution >= 4 is 33.6 Å². The van der Waals surface area contributed by atoms with Crippen LogP contribution in [0.15, 0.2) is 60.3 Å². The molecule has 1 aliphatic rings. The van der Waals surface area contributed by atoms with Crippen molar-refractivity contribution in [2.75, 3.05) is 5.32 Å². The molecule has 1 heterocycles. The molecule has 0 aliphatic carbocycles. The van der Waals surface area contributed by atoms with Crippen molar-refractivity contribution in [2.24, 2.45) is 0 Å². The molecule has 7 heteroatoms. The molecule has 0 fully saturated rings. The molecule has 130 valence electrons. The summed E-state index contributed by atoms with van der Waals surface area (Å²) in [4.78, 5) is 23.8. The van der Waals surface area contributed by atoms with Crippen LogP contribution in [-0.4, -0.2) is 22.4 Å². The first-order valence-corrected chi connectivity index (χ1v) is 9.17. The molecule has 6 nitrogen and oxygen atoms in total. The molecule has 0 radical (unpaired) electrons. The van der Waals surface area contributed by atoms with Gasteiger partial charge in [-0.3, -0.25) is 4.79 Å². The lowest BCUT2D eigenvalue weighted by Gasteiger charge is -2.12. The standard InChI is InChI=1S/C19H15N3O3S/c20-11-14-6-7-16(15(10-14)19(24)25)21-18(23)17-8-9-26(22-17)12-13-4-2-1-3-5-13/h1-10,22H,12H2,(H,21,23)(H,24,25). The zero-order chi connectivity index (χ0) is 18.5. The van der Waals surface area contributed by atoms with Gasteiger partial charge in [-0.1, -0.05) is 41.0 Å². The van der Waals surface area contributed by atoms with Crippen LogP contribution in [0.4, 0.5) is 5.69 Å². The molecule has 1 amide bonds. The number of carboxylic acids is 1. The first-order valence-electron chi connectivity index (χ1n) is 7.71. The number of hydrogen-bond acceptors (Lipinski definition) is 4. The third-order valence-corrected chi connectivity index (χ3v) is 5.27. The van der Waals surface area contributed by atoms with E-state index >= 15 is 0 Å². The maximum atomic E-state index is 12.4. The number of hydrogen-bond donors (Lipinski definition) is 3. The van der Waals surface area contributed by atoms with Gasteiger partial charge in [0.05, 0.1) is 22.9 Å². The van der Waals surface area contributed by atoms with Gasteiger partial charge in [0.2, 0.25) is 0 Å². The van der Waals surface area contributed by atoms with Crippen molar-refractivity contribution in [3.8, 4) is 6.07 Å². The Balaban J connectivity index is 1.67. The van der Waals surface area contributed by atoms with Crippen LogP contribution in [0.25, 0.3) is 0 Å². The smallest absolute Gasteiger partial charge is 0.337 e. The summed E-state index contributed by atoms with van der Waals surface area (Å²) < 4.78 is 3.15. The van der Waals surface area contributed by atoms with Gasteiger partial charge in [0.25, 0.3) is 5.91 Å². The molecule has 0 spiro atoms. The first-order chi connectivity index (χ1) is 12.6. The Labute approximate surface area is 152 Å². The Morgan fingerprint density at radius 3 is 2.65 bits per heavy atom. The number of rotatable bonds is 5. The maximum absolute atomic E-state index is 12.4. The van der Waals surface area contributed by atoms with Gasteiger partial charge in [-0.15, -0.1) is 0 Å². The number of nitrogens with zero attached hydrogens (tertiary/aromatic N) is 1. The van der Waals surface area contributed by atoms with Crippen LogP contribution in [0.1, 0.15) is 21.5 Å². The van der Waals surface area contributed by atoms with Crippen molar-refractivity contribution < 1.29 is 14.7 Å². The lowest BCUT2D eigenvalue weighted by molar-refractivity contribution is -0.113. The number of amides is 1. The minimum Gasteiger partial charge on any atom is -0.478 e. The molecule has 26 heavy (non-hydrogen) atoms. The molecule has 0 bridgehead atoms. The van der Waals surface area contributed by atoms with Gasteiger partial charge in [-0.25, -0.2) is 4.79 Å². The lowest BCUT2D eigenvalue weighted by Crippen LogP contribution is -2.22. The summed E-state index contributed by atoms with van der Waals surface area (Å²) in [7, 11) is -0.294. The Bertz CT molecular complexity index is 975. The lowest BCUT2D eigenvalue weighted by atomic mass is 10.1. The number of benzene rings is 2. The summed E-state index contributed by atoms with van der Waals surface area (Å²) in [6.07, 6.45) is 1.70. The van der Waals surface area contributed by atoms with Crippen LogP contribution in [0.5, 0.6) is 0 Å².